The van der Waals surface area contributed by atoms with Crippen molar-refractivity contribution in [2.45, 2.75) is 19.5 Å². The number of amides is 1. The van der Waals surface area contributed by atoms with Crippen molar-refractivity contribution < 1.29 is 22.7 Å². The molecule has 1 aliphatic rings. The van der Waals surface area contributed by atoms with Crippen LogP contribution in [0.2, 0.25) is 0 Å². The molecule has 6 heteroatoms. The van der Waals surface area contributed by atoms with Crippen LogP contribution >= 0.6 is 0 Å². The van der Waals surface area contributed by atoms with Crippen molar-refractivity contribution in [3.63, 3.8) is 0 Å². The maximum Gasteiger partial charge on any atom is 0.422 e. The molecule has 15 heavy (non-hydrogen) atoms. The minimum absolute atomic E-state index is 0.344. The Hall–Kier alpha value is -1.20. The number of carbonyl (C=O) groups is 1. The molecule has 0 saturated carbocycles. The van der Waals surface area contributed by atoms with E-state index in [0.29, 0.717) is 19.5 Å². The molecule has 0 aliphatic carbocycles. The maximum absolute atomic E-state index is 11.8. The Balaban J connectivity index is 2.38. The Morgan fingerprint density at radius 2 is 2.27 bits per heavy atom. The van der Waals surface area contributed by atoms with Gasteiger partial charge < -0.3 is 9.64 Å². The Morgan fingerprint density at radius 1 is 1.60 bits per heavy atom. The minimum atomic E-state index is -4.46. The lowest BCUT2D eigenvalue weighted by atomic mass is 10.1. The number of hydrogen-bond donors (Lipinski definition) is 0. The van der Waals surface area contributed by atoms with Gasteiger partial charge in [0.05, 0.1) is 0 Å². The van der Waals surface area contributed by atoms with E-state index in [4.69, 9.17) is 0 Å². The van der Waals surface area contributed by atoms with E-state index in [2.05, 4.69) is 4.74 Å². The van der Waals surface area contributed by atoms with Crippen LogP contribution in [0.25, 0.3) is 0 Å². The first-order valence-electron chi connectivity index (χ1n) is 4.52. The first-order valence-corrected chi connectivity index (χ1v) is 4.52. The Bertz CT molecular complexity index is 273. The molecule has 0 fully saturated rings. The highest BCUT2D eigenvalue weighted by Crippen LogP contribution is 2.16. The molecule has 0 radical (unpaired) electrons. The second kappa shape index (κ2) is 4.55. The van der Waals surface area contributed by atoms with Crippen molar-refractivity contribution in [3.05, 3.63) is 11.6 Å². The summed E-state index contributed by atoms with van der Waals surface area (Å²) in [5, 5.41) is 0. The normalized spacial score (nSPS) is 17.3. The minimum Gasteiger partial charge on any atom is -0.440 e. The van der Waals surface area contributed by atoms with E-state index in [1.165, 1.54) is 4.90 Å². The molecule has 1 aliphatic heterocycles. The standard InChI is InChI=1S/C9H12F3NO2/c1-7-3-2-4-13(5-7)8(14)15-6-9(10,11)12/h3H,2,4-6H2,1H3. The highest BCUT2D eigenvalue weighted by Gasteiger charge is 2.31. The van der Waals surface area contributed by atoms with Crippen LogP contribution in [0.4, 0.5) is 18.0 Å². The third kappa shape index (κ3) is 4.22. The van der Waals surface area contributed by atoms with Crippen molar-refractivity contribution in [1.29, 1.82) is 0 Å². The molecule has 1 amide bonds. The maximum atomic E-state index is 11.8. The molecule has 0 bridgehead atoms. The van der Waals surface area contributed by atoms with Crippen LogP contribution in [0.5, 0.6) is 0 Å². The third-order valence-corrected chi connectivity index (χ3v) is 1.95. The fourth-order valence-electron chi connectivity index (χ4n) is 1.30. The van der Waals surface area contributed by atoms with E-state index in [1.54, 1.807) is 0 Å². The smallest absolute Gasteiger partial charge is 0.422 e. The fourth-order valence-corrected chi connectivity index (χ4v) is 1.30. The van der Waals surface area contributed by atoms with Gasteiger partial charge in [-0.15, -0.1) is 0 Å². The quantitative estimate of drug-likeness (QED) is 0.638. The lowest BCUT2D eigenvalue weighted by molar-refractivity contribution is -0.162. The molecule has 0 spiro atoms. The zero-order chi connectivity index (χ0) is 11.5. The van der Waals surface area contributed by atoms with Gasteiger partial charge in [-0.05, 0) is 13.3 Å². The zero-order valence-electron chi connectivity index (χ0n) is 8.30. The molecule has 0 saturated heterocycles. The molecular formula is C9H12F3NO2. The van der Waals surface area contributed by atoms with Crippen molar-refractivity contribution in [1.82, 2.24) is 4.90 Å². The van der Waals surface area contributed by atoms with E-state index in [9.17, 15) is 18.0 Å². The van der Waals surface area contributed by atoms with E-state index in [-0.39, 0.29) is 0 Å². The molecule has 0 unspecified atom stereocenters. The number of hydrogen-bond acceptors (Lipinski definition) is 2. The molecule has 0 aromatic carbocycles. The van der Waals surface area contributed by atoms with Gasteiger partial charge in [0, 0.05) is 13.1 Å². The molecular weight excluding hydrogens is 211 g/mol. The van der Waals surface area contributed by atoms with Crippen molar-refractivity contribution in [2.75, 3.05) is 19.7 Å². The van der Waals surface area contributed by atoms with Crippen LogP contribution in [0.1, 0.15) is 13.3 Å². The van der Waals surface area contributed by atoms with Crippen LogP contribution in [0, 0.1) is 0 Å². The summed E-state index contributed by atoms with van der Waals surface area (Å²) >= 11 is 0. The predicted octanol–water partition coefficient (Wildman–Crippen LogP) is 2.34. The summed E-state index contributed by atoms with van der Waals surface area (Å²) < 4.78 is 39.4. The first kappa shape index (κ1) is 11.9. The summed E-state index contributed by atoms with van der Waals surface area (Å²) in [5.41, 5.74) is 0.963. The van der Waals surface area contributed by atoms with Gasteiger partial charge in [0.25, 0.3) is 0 Å². The Morgan fingerprint density at radius 3 is 2.80 bits per heavy atom. The zero-order valence-corrected chi connectivity index (χ0v) is 8.30. The number of alkyl halides is 3. The number of nitrogens with zero attached hydrogens (tertiary/aromatic N) is 1. The number of halogens is 3. The van der Waals surface area contributed by atoms with Gasteiger partial charge in [0.15, 0.2) is 6.61 Å². The lowest BCUT2D eigenvalue weighted by Gasteiger charge is -2.25. The van der Waals surface area contributed by atoms with E-state index in [0.717, 1.165) is 5.57 Å². The molecule has 1 rings (SSSR count). The largest absolute Gasteiger partial charge is 0.440 e. The molecule has 3 nitrogen and oxygen atoms in total. The highest BCUT2D eigenvalue weighted by molar-refractivity contribution is 5.68. The van der Waals surface area contributed by atoms with Crippen LogP contribution in [0.15, 0.2) is 11.6 Å². The lowest BCUT2D eigenvalue weighted by Crippen LogP contribution is -2.37. The average Bonchev–Trinajstić information content (AvgIpc) is 2.13. The van der Waals surface area contributed by atoms with E-state index < -0.39 is 18.9 Å². The summed E-state index contributed by atoms with van der Waals surface area (Å²) in [6, 6.07) is 0. The SMILES string of the molecule is CC1=CCCN(C(=O)OCC(F)(F)F)C1. The average molecular weight is 223 g/mol. The number of carbonyl (C=O) groups excluding carboxylic acids is 1. The van der Waals surface area contributed by atoms with Gasteiger partial charge in [-0.1, -0.05) is 11.6 Å². The van der Waals surface area contributed by atoms with E-state index in [1.807, 2.05) is 13.0 Å². The van der Waals surface area contributed by atoms with Gasteiger partial charge in [-0.3, -0.25) is 0 Å². The second-order valence-electron chi connectivity index (χ2n) is 3.43. The van der Waals surface area contributed by atoms with Crippen LogP contribution in [0.3, 0.4) is 0 Å². The predicted molar refractivity (Wildman–Crippen MR) is 47.4 cm³/mol. The van der Waals surface area contributed by atoms with Gasteiger partial charge in [0.1, 0.15) is 0 Å². The van der Waals surface area contributed by atoms with Gasteiger partial charge in [-0.2, -0.15) is 13.2 Å². The van der Waals surface area contributed by atoms with Crippen LogP contribution in [-0.4, -0.2) is 36.9 Å². The summed E-state index contributed by atoms with van der Waals surface area (Å²) in [6.45, 7) is 1.05. The Labute approximate surface area is 85.5 Å². The topological polar surface area (TPSA) is 29.5 Å². The number of rotatable bonds is 1. The fraction of sp³-hybridized carbons (Fsp3) is 0.667. The van der Waals surface area contributed by atoms with Crippen molar-refractivity contribution >= 4 is 6.09 Å². The molecule has 1 heterocycles. The van der Waals surface area contributed by atoms with Gasteiger partial charge in [-0.25, -0.2) is 4.79 Å². The molecule has 0 aromatic rings. The van der Waals surface area contributed by atoms with Crippen molar-refractivity contribution in [3.8, 4) is 0 Å². The summed E-state index contributed by atoms with van der Waals surface area (Å²) in [5.74, 6) is 0. The van der Waals surface area contributed by atoms with Crippen LogP contribution in [-0.2, 0) is 4.74 Å². The summed E-state index contributed by atoms with van der Waals surface area (Å²) in [6.07, 6.45) is -2.75. The molecule has 0 N–H and O–H groups in total. The molecule has 0 atom stereocenters. The van der Waals surface area contributed by atoms with Crippen LogP contribution < -0.4 is 0 Å². The molecule has 0 aromatic heterocycles. The molecule has 86 valence electrons. The van der Waals surface area contributed by atoms with Gasteiger partial charge >= 0.3 is 12.3 Å². The summed E-state index contributed by atoms with van der Waals surface area (Å²) in [4.78, 5) is 12.4. The van der Waals surface area contributed by atoms with Crippen molar-refractivity contribution in [2.24, 2.45) is 0 Å². The monoisotopic (exact) mass is 223 g/mol. The highest BCUT2D eigenvalue weighted by atomic mass is 19.4. The van der Waals surface area contributed by atoms with Gasteiger partial charge in [0.2, 0.25) is 0 Å². The second-order valence-corrected chi connectivity index (χ2v) is 3.43. The third-order valence-electron chi connectivity index (χ3n) is 1.95. The number of ether oxygens (including phenoxy) is 1. The van der Waals surface area contributed by atoms with E-state index >= 15 is 0 Å². The Kier molecular flexibility index (Phi) is 3.60. The first-order chi connectivity index (χ1) is 6.88. The summed E-state index contributed by atoms with van der Waals surface area (Å²) in [7, 11) is 0.